The van der Waals surface area contributed by atoms with E-state index < -0.39 is 5.97 Å². The minimum Gasteiger partial charge on any atom is -0.478 e. The van der Waals surface area contributed by atoms with E-state index in [2.05, 4.69) is 50.8 Å². The first-order valence-corrected chi connectivity index (χ1v) is 9.63. The second kappa shape index (κ2) is 8.56. The van der Waals surface area contributed by atoms with Crippen LogP contribution in [-0.2, 0) is 17.8 Å². The van der Waals surface area contributed by atoms with Crippen LogP contribution in [0.25, 0.3) is 10.9 Å². The standard InChI is InChI=1S/C21H19BrClNO2/c22-21-18(14-15-9-11-16(23)12-10-15)17-6-3-4-7-19(17)24(21)13-5-1-2-8-20(25)26/h2-4,6-12H,1,5,13-14H2,(H,25,26)/b8-2+. The van der Waals surface area contributed by atoms with E-state index in [1.165, 1.54) is 28.1 Å². The van der Waals surface area contributed by atoms with Gasteiger partial charge in [0.25, 0.3) is 0 Å². The second-order valence-electron chi connectivity index (χ2n) is 6.12. The molecule has 0 aliphatic heterocycles. The molecule has 0 spiro atoms. The lowest BCUT2D eigenvalue weighted by molar-refractivity contribution is -0.131. The van der Waals surface area contributed by atoms with Crippen LogP contribution in [0.5, 0.6) is 0 Å². The molecule has 0 aliphatic rings. The van der Waals surface area contributed by atoms with Crippen LogP contribution in [0.15, 0.2) is 65.3 Å². The summed E-state index contributed by atoms with van der Waals surface area (Å²) in [5, 5.41) is 10.6. The molecule has 26 heavy (non-hydrogen) atoms. The Balaban J connectivity index is 1.86. The van der Waals surface area contributed by atoms with Crippen LogP contribution in [0.2, 0.25) is 5.02 Å². The number of halogens is 2. The van der Waals surface area contributed by atoms with Gasteiger partial charge < -0.3 is 9.67 Å². The van der Waals surface area contributed by atoms with Gasteiger partial charge in [-0.1, -0.05) is 48.0 Å². The van der Waals surface area contributed by atoms with Crippen molar-refractivity contribution in [1.29, 1.82) is 0 Å². The highest BCUT2D eigenvalue weighted by Gasteiger charge is 2.15. The van der Waals surface area contributed by atoms with Crippen molar-refractivity contribution >= 4 is 44.4 Å². The number of allylic oxidation sites excluding steroid dienone is 1. The Bertz CT molecular complexity index is 945. The molecule has 134 valence electrons. The number of hydrogen-bond acceptors (Lipinski definition) is 1. The first kappa shape index (κ1) is 18.7. The normalized spacial score (nSPS) is 11.5. The average molecular weight is 433 g/mol. The zero-order valence-corrected chi connectivity index (χ0v) is 16.5. The van der Waals surface area contributed by atoms with Crippen LogP contribution in [0.1, 0.15) is 24.0 Å². The summed E-state index contributed by atoms with van der Waals surface area (Å²) in [4.78, 5) is 10.6. The highest BCUT2D eigenvalue weighted by Crippen LogP contribution is 2.32. The third-order valence-electron chi connectivity index (χ3n) is 4.31. The first-order chi connectivity index (χ1) is 12.6. The van der Waals surface area contributed by atoms with Crippen LogP contribution in [0.4, 0.5) is 0 Å². The topological polar surface area (TPSA) is 42.2 Å². The lowest BCUT2D eigenvalue weighted by atomic mass is 10.0. The number of fused-ring (bicyclic) bond motifs is 1. The summed E-state index contributed by atoms with van der Waals surface area (Å²) in [5.74, 6) is -0.900. The van der Waals surface area contributed by atoms with Crippen LogP contribution in [0.3, 0.4) is 0 Å². The molecule has 0 radical (unpaired) electrons. The highest BCUT2D eigenvalue weighted by atomic mass is 79.9. The van der Waals surface area contributed by atoms with Crippen molar-refractivity contribution in [2.45, 2.75) is 25.8 Å². The maximum absolute atomic E-state index is 10.6. The van der Waals surface area contributed by atoms with Crippen molar-refractivity contribution in [3.05, 3.63) is 81.4 Å². The predicted molar refractivity (Wildman–Crippen MR) is 110 cm³/mol. The van der Waals surface area contributed by atoms with Crippen molar-refractivity contribution < 1.29 is 9.90 Å². The molecule has 0 unspecified atom stereocenters. The molecular weight excluding hydrogens is 414 g/mol. The Kier molecular flexibility index (Phi) is 6.17. The van der Waals surface area contributed by atoms with Crippen molar-refractivity contribution in [2.24, 2.45) is 0 Å². The lowest BCUT2D eigenvalue weighted by Crippen LogP contribution is -1.98. The summed E-state index contributed by atoms with van der Waals surface area (Å²) in [7, 11) is 0. The van der Waals surface area contributed by atoms with E-state index in [-0.39, 0.29) is 0 Å². The van der Waals surface area contributed by atoms with Gasteiger partial charge >= 0.3 is 5.97 Å². The van der Waals surface area contributed by atoms with Gasteiger partial charge in [-0.05, 0) is 58.1 Å². The molecule has 0 aliphatic carbocycles. The molecule has 0 bridgehead atoms. The number of carbonyl (C=O) groups is 1. The van der Waals surface area contributed by atoms with Gasteiger partial charge in [0.1, 0.15) is 0 Å². The number of unbranched alkanes of at least 4 members (excludes halogenated alkanes) is 1. The van der Waals surface area contributed by atoms with Gasteiger partial charge in [0.05, 0.1) is 4.60 Å². The van der Waals surface area contributed by atoms with Gasteiger partial charge in [-0.25, -0.2) is 4.79 Å². The predicted octanol–water partition coefficient (Wildman–Crippen LogP) is 6.07. The molecule has 0 saturated heterocycles. The Morgan fingerprint density at radius 1 is 1.15 bits per heavy atom. The molecule has 1 N–H and O–H groups in total. The van der Waals surface area contributed by atoms with E-state index >= 15 is 0 Å². The largest absolute Gasteiger partial charge is 0.478 e. The molecule has 3 nitrogen and oxygen atoms in total. The SMILES string of the molecule is O=C(O)/C=C/CCCn1c(Br)c(Cc2ccc(Cl)cc2)c2ccccc21. The molecule has 0 atom stereocenters. The van der Waals surface area contributed by atoms with Crippen molar-refractivity contribution in [3.8, 4) is 0 Å². The smallest absolute Gasteiger partial charge is 0.327 e. The van der Waals surface area contributed by atoms with Crippen molar-refractivity contribution in [1.82, 2.24) is 4.57 Å². The number of nitrogens with zero attached hydrogens (tertiary/aromatic N) is 1. The van der Waals surface area contributed by atoms with E-state index in [1.807, 2.05) is 18.2 Å². The van der Waals surface area contributed by atoms with Crippen LogP contribution in [0, 0.1) is 0 Å². The Morgan fingerprint density at radius 2 is 1.88 bits per heavy atom. The van der Waals surface area contributed by atoms with E-state index in [0.717, 1.165) is 35.4 Å². The van der Waals surface area contributed by atoms with Gasteiger partial charge in [-0.15, -0.1) is 0 Å². The molecule has 1 heterocycles. The number of benzene rings is 2. The lowest BCUT2D eigenvalue weighted by Gasteiger charge is -2.07. The summed E-state index contributed by atoms with van der Waals surface area (Å²) in [5.41, 5.74) is 3.65. The zero-order valence-electron chi connectivity index (χ0n) is 14.2. The van der Waals surface area contributed by atoms with E-state index in [1.54, 1.807) is 6.08 Å². The first-order valence-electron chi connectivity index (χ1n) is 8.46. The van der Waals surface area contributed by atoms with Crippen molar-refractivity contribution in [3.63, 3.8) is 0 Å². The fourth-order valence-corrected chi connectivity index (χ4v) is 3.94. The van der Waals surface area contributed by atoms with Gasteiger partial charge in [-0.2, -0.15) is 0 Å². The monoisotopic (exact) mass is 431 g/mol. The number of rotatable bonds is 7. The molecule has 3 aromatic rings. The summed E-state index contributed by atoms with van der Waals surface area (Å²) < 4.78 is 3.34. The molecule has 3 rings (SSSR count). The van der Waals surface area contributed by atoms with Gasteiger partial charge in [-0.3, -0.25) is 0 Å². The fourth-order valence-electron chi connectivity index (χ4n) is 3.09. The average Bonchev–Trinajstić information content (AvgIpc) is 2.89. The molecule has 5 heteroatoms. The minimum atomic E-state index is -0.900. The van der Waals surface area contributed by atoms with E-state index in [9.17, 15) is 4.79 Å². The van der Waals surface area contributed by atoms with Crippen LogP contribution < -0.4 is 0 Å². The molecule has 0 amide bonds. The highest BCUT2D eigenvalue weighted by molar-refractivity contribution is 9.10. The fraction of sp³-hybridized carbons (Fsp3) is 0.190. The molecule has 0 saturated carbocycles. The second-order valence-corrected chi connectivity index (χ2v) is 7.31. The molecule has 0 fully saturated rings. The van der Waals surface area contributed by atoms with E-state index in [4.69, 9.17) is 16.7 Å². The Labute approximate surface area is 166 Å². The third kappa shape index (κ3) is 4.37. The number of aromatic nitrogens is 1. The number of hydrogen-bond donors (Lipinski definition) is 1. The Hall–Kier alpha value is -2.04. The molecular formula is C21H19BrClNO2. The summed E-state index contributed by atoms with van der Waals surface area (Å²) in [6.07, 6.45) is 5.34. The summed E-state index contributed by atoms with van der Waals surface area (Å²) in [6, 6.07) is 16.3. The number of carboxylic acid groups (broad SMARTS) is 1. The quantitative estimate of drug-likeness (QED) is 0.364. The minimum absolute atomic E-state index is 0.734. The molecule has 2 aromatic carbocycles. The van der Waals surface area contributed by atoms with Crippen LogP contribution in [-0.4, -0.2) is 15.6 Å². The van der Waals surface area contributed by atoms with Gasteiger partial charge in [0.2, 0.25) is 0 Å². The van der Waals surface area contributed by atoms with Gasteiger partial charge in [0.15, 0.2) is 0 Å². The summed E-state index contributed by atoms with van der Waals surface area (Å²) in [6.45, 7) is 0.825. The van der Waals surface area contributed by atoms with E-state index in [0.29, 0.717) is 0 Å². The number of para-hydroxylation sites is 1. The van der Waals surface area contributed by atoms with Crippen molar-refractivity contribution in [2.75, 3.05) is 0 Å². The van der Waals surface area contributed by atoms with Gasteiger partial charge in [0, 0.05) is 35.0 Å². The number of carboxylic acids is 1. The Morgan fingerprint density at radius 3 is 2.62 bits per heavy atom. The number of aliphatic carboxylic acids is 1. The zero-order chi connectivity index (χ0) is 18.5. The third-order valence-corrected chi connectivity index (χ3v) is 5.47. The number of aryl methyl sites for hydroxylation is 1. The maximum atomic E-state index is 10.6. The van der Waals surface area contributed by atoms with Crippen LogP contribution >= 0.6 is 27.5 Å². The maximum Gasteiger partial charge on any atom is 0.327 e. The molecule has 1 aromatic heterocycles. The summed E-state index contributed by atoms with van der Waals surface area (Å²) >= 11 is 9.78.